The molecule has 0 aliphatic rings. The number of carbonyl (C=O) groups excluding carboxylic acids is 1. The smallest absolute Gasteiger partial charge is 0.375 e. The van der Waals surface area contributed by atoms with Crippen molar-refractivity contribution in [2.24, 2.45) is 0 Å². The van der Waals surface area contributed by atoms with E-state index in [-0.39, 0.29) is 37.2 Å². The molecule has 1 atom stereocenters. The molecule has 0 fully saturated rings. The molecule has 1 unspecified atom stereocenters. The molecule has 0 heterocycles. The van der Waals surface area contributed by atoms with Crippen molar-refractivity contribution in [2.45, 2.75) is 31.3 Å². The van der Waals surface area contributed by atoms with E-state index in [4.69, 9.17) is 0 Å². The number of nitrogens with zero attached hydrogens (tertiary/aromatic N) is 1. The number of sulfonamides is 1. The van der Waals surface area contributed by atoms with Crippen LogP contribution in [0.25, 0.3) is 6.08 Å². The van der Waals surface area contributed by atoms with Crippen LogP contribution in [0.15, 0.2) is 110 Å². The van der Waals surface area contributed by atoms with Crippen LogP contribution in [-0.2, 0) is 29.2 Å². The van der Waals surface area contributed by atoms with E-state index in [1.54, 1.807) is 42.5 Å². The van der Waals surface area contributed by atoms with Crippen molar-refractivity contribution in [3.05, 3.63) is 138 Å². The Hall–Kier alpha value is -4.45. The summed E-state index contributed by atoms with van der Waals surface area (Å²) < 4.78 is 66.4. The van der Waals surface area contributed by atoms with Gasteiger partial charge in [0, 0.05) is 31.5 Å². The highest BCUT2D eigenvalue weighted by Gasteiger charge is 2.31. The topological polar surface area (TPSA) is 98.7 Å². The van der Waals surface area contributed by atoms with E-state index in [1.165, 1.54) is 24.3 Å². The van der Waals surface area contributed by atoms with Gasteiger partial charge >= 0.3 is 6.18 Å². The van der Waals surface area contributed by atoms with Gasteiger partial charge < -0.3 is 10.4 Å². The first-order valence-electron chi connectivity index (χ1n) is 14.1. The highest BCUT2D eigenvalue weighted by atomic mass is 32.2. The number of anilines is 2. The quantitative estimate of drug-likeness (QED) is 0.150. The third-order valence-electron chi connectivity index (χ3n) is 7.03. The molecule has 0 saturated carbocycles. The Kier molecular flexibility index (Phi) is 10.5. The summed E-state index contributed by atoms with van der Waals surface area (Å²) >= 11 is 0. The van der Waals surface area contributed by atoms with Crippen LogP contribution in [0.4, 0.5) is 24.5 Å². The van der Waals surface area contributed by atoms with Gasteiger partial charge in [-0.25, -0.2) is 12.7 Å². The number of alkyl halides is 3. The van der Waals surface area contributed by atoms with Gasteiger partial charge in [-0.15, -0.1) is 0 Å². The maximum absolute atomic E-state index is 13.3. The first-order valence-corrected chi connectivity index (χ1v) is 15.9. The van der Waals surface area contributed by atoms with Gasteiger partial charge in [0.1, 0.15) is 5.72 Å². The summed E-state index contributed by atoms with van der Waals surface area (Å²) in [5.41, 5.74) is 0.0812. The number of nitrogens with one attached hydrogen (secondary N) is 2. The third-order valence-corrected chi connectivity index (χ3v) is 8.12. The lowest BCUT2D eigenvalue weighted by Gasteiger charge is -2.30. The minimum atomic E-state index is -4.50. The first kappa shape index (κ1) is 33.4. The molecule has 11 heteroatoms. The summed E-state index contributed by atoms with van der Waals surface area (Å²) in [5.74, 6) is -0.513. The molecule has 3 N–H and O–H groups in total. The summed E-state index contributed by atoms with van der Waals surface area (Å²) in [6.07, 6.45) is -1.79. The second-order valence-corrected chi connectivity index (χ2v) is 12.5. The number of hydrogen-bond donors (Lipinski definition) is 3. The zero-order chi connectivity index (χ0) is 32.7. The molecule has 0 aromatic heterocycles. The van der Waals surface area contributed by atoms with Crippen molar-refractivity contribution in [1.29, 1.82) is 0 Å². The molecular formula is C34H34F3N3O4S. The van der Waals surface area contributed by atoms with Crippen LogP contribution < -0.4 is 14.9 Å². The van der Waals surface area contributed by atoms with E-state index in [0.717, 1.165) is 28.3 Å². The molecule has 0 bridgehead atoms. The van der Waals surface area contributed by atoms with Crippen LogP contribution in [0.1, 0.15) is 39.0 Å². The minimum absolute atomic E-state index is 0.000115. The average Bonchev–Trinajstić information content (AvgIpc) is 3.00. The summed E-state index contributed by atoms with van der Waals surface area (Å²) in [6, 6.07) is 27.0. The molecule has 45 heavy (non-hydrogen) atoms. The number of rotatable bonds is 13. The molecule has 4 aromatic carbocycles. The molecule has 0 aliphatic heterocycles. The Bertz CT molecular complexity index is 1730. The van der Waals surface area contributed by atoms with Crippen LogP contribution in [0.2, 0.25) is 0 Å². The number of carbonyl (C=O) groups is 1. The Balaban J connectivity index is 1.53. The van der Waals surface area contributed by atoms with Gasteiger partial charge in [0.2, 0.25) is 10.0 Å². The van der Waals surface area contributed by atoms with Crippen LogP contribution in [0.5, 0.6) is 0 Å². The van der Waals surface area contributed by atoms with Gasteiger partial charge in [0.15, 0.2) is 0 Å². The number of benzene rings is 4. The number of hydrogen-bond acceptors (Lipinski definition) is 5. The molecule has 4 aromatic rings. The van der Waals surface area contributed by atoms with Gasteiger partial charge in [-0.05, 0) is 53.1 Å². The molecule has 4 rings (SSSR count). The van der Waals surface area contributed by atoms with E-state index in [2.05, 4.69) is 17.2 Å². The minimum Gasteiger partial charge on any atom is -0.375 e. The predicted octanol–water partition coefficient (Wildman–Crippen LogP) is 6.29. The lowest BCUT2D eigenvalue weighted by molar-refractivity contribution is -0.137. The van der Waals surface area contributed by atoms with Gasteiger partial charge in [-0.3, -0.25) is 10.1 Å². The van der Waals surface area contributed by atoms with Crippen molar-refractivity contribution < 1.29 is 31.5 Å². The second-order valence-electron chi connectivity index (χ2n) is 10.6. The molecule has 0 radical (unpaired) electrons. The van der Waals surface area contributed by atoms with Crippen LogP contribution in [0, 0.1) is 0 Å². The SMILES string of the molecule is C=Cc1cc(C(=O)NCCC(O)(Cc2ccccc2)NCc2cccc(C(F)(F)F)c2)cc(N(c2ccccc2)S(C)(=O)=O)c1. The van der Waals surface area contributed by atoms with E-state index >= 15 is 0 Å². The van der Waals surface area contributed by atoms with Crippen molar-refractivity contribution in [2.75, 3.05) is 17.1 Å². The Morgan fingerprint density at radius 2 is 1.53 bits per heavy atom. The summed E-state index contributed by atoms with van der Waals surface area (Å²) in [4.78, 5) is 13.3. The molecule has 1 amide bonds. The molecule has 0 aliphatic carbocycles. The van der Waals surface area contributed by atoms with Gasteiger partial charge in [0.05, 0.1) is 23.2 Å². The van der Waals surface area contributed by atoms with Crippen molar-refractivity contribution >= 4 is 33.4 Å². The van der Waals surface area contributed by atoms with E-state index in [1.807, 2.05) is 30.3 Å². The highest BCUT2D eigenvalue weighted by molar-refractivity contribution is 7.92. The summed E-state index contributed by atoms with van der Waals surface area (Å²) in [6.45, 7) is 3.71. The fourth-order valence-corrected chi connectivity index (χ4v) is 5.87. The monoisotopic (exact) mass is 637 g/mol. The first-order chi connectivity index (χ1) is 21.3. The van der Waals surface area contributed by atoms with Crippen LogP contribution in [0.3, 0.4) is 0 Å². The summed E-state index contributed by atoms with van der Waals surface area (Å²) in [5, 5.41) is 17.3. The van der Waals surface area contributed by atoms with Crippen molar-refractivity contribution in [3.63, 3.8) is 0 Å². The van der Waals surface area contributed by atoms with E-state index in [0.29, 0.717) is 16.8 Å². The number of halogens is 3. The summed E-state index contributed by atoms with van der Waals surface area (Å²) in [7, 11) is -3.78. The lowest BCUT2D eigenvalue weighted by atomic mass is 9.98. The van der Waals surface area contributed by atoms with Crippen LogP contribution in [-0.4, -0.2) is 38.0 Å². The highest BCUT2D eigenvalue weighted by Crippen LogP contribution is 2.31. The lowest BCUT2D eigenvalue weighted by Crippen LogP contribution is -2.49. The maximum atomic E-state index is 13.3. The standard InChI is InChI=1S/C34H34F3N3O4S/c1-3-25-19-28(22-31(21-25)40(45(2,43)44)30-15-8-5-9-16-30)32(41)38-18-17-33(42,23-26-11-6-4-7-12-26)39-24-27-13-10-14-29(20-27)34(35,36)37/h3-16,19-22,39,42H,1,17-18,23-24H2,2H3,(H,38,41). The zero-order valence-electron chi connectivity index (χ0n) is 24.6. The Labute approximate surface area is 261 Å². The molecule has 0 spiro atoms. The Morgan fingerprint density at radius 3 is 2.16 bits per heavy atom. The van der Waals surface area contributed by atoms with Crippen molar-refractivity contribution in [3.8, 4) is 0 Å². The largest absolute Gasteiger partial charge is 0.416 e. The predicted molar refractivity (Wildman–Crippen MR) is 170 cm³/mol. The number of para-hydroxylation sites is 1. The zero-order valence-corrected chi connectivity index (χ0v) is 25.4. The third kappa shape index (κ3) is 9.27. The number of aliphatic hydroxyl groups is 1. The molecule has 236 valence electrons. The molecule has 0 saturated heterocycles. The molecular weight excluding hydrogens is 603 g/mol. The normalized spacial score (nSPS) is 13.1. The fourth-order valence-electron chi connectivity index (χ4n) is 4.88. The van der Waals surface area contributed by atoms with Gasteiger partial charge in [0.25, 0.3) is 5.91 Å². The van der Waals surface area contributed by atoms with E-state index < -0.39 is 33.4 Å². The average molecular weight is 638 g/mol. The molecule has 7 nitrogen and oxygen atoms in total. The van der Waals surface area contributed by atoms with E-state index in [9.17, 15) is 31.5 Å². The van der Waals surface area contributed by atoms with Crippen LogP contribution >= 0.6 is 0 Å². The maximum Gasteiger partial charge on any atom is 0.416 e. The second kappa shape index (κ2) is 14.1. The number of amides is 1. The Morgan fingerprint density at radius 1 is 0.889 bits per heavy atom. The van der Waals surface area contributed by atoms with Gasteiger partial charge in [-0.2, -0.15) is 13.2 Å². The van der Waals surface area contributed by atoms with Gasteiger partial charge in [-0.1, -0.05) is 79.4 Å². The van der Waals surface area contributed by atoms with Crippen molar-refractivity contribution in [1.82, 2.24) is 10.6 Å². The fraction of sp³-hybridized carbons (Fsp3) is 0.206.